The zero-order chi connectivity index (χ0) is 15.4. The van der Waals surface area contributed by atoms with Crippen LogP contribution in [0.2, 0.25) is 0 Å². The maximum absolute atomic E-state index is 11.8. The Morgan fingerprint density at radius 3 is 2.62 bits per heavy atom. The Hall–Kier alpha value is -3.09. The van der Waals surface area contributed by atoms with Crippen molar-refractivity contribution in [3.63, 3.8) is 0 Å². The summed E-state index contributed by atoms with van der Waals surface area (Å²) in [7, 11) is 0. The summed E-state index contributed by atoms with van der Waals surface area (Å²) >= 11 is 0. The summed E-state index contributed by atoms with van der Waals surface area (Å²) in [6, 6.07) is 9.94. The molecule has 0 heterocycles. The Balaban J connectivity index is 2.12. The van der Waals surface area contributed by atoms with Gasteiger partial charge in [-0.3, -0.25) is 10.1 Å². The van der Waals surface area contributed by atoms with Crippen LogP contribution >= 0.6 is 0 Å². The van der Waals surface area contributed by atoms with Crippen molar-refractivity contribution in [2.75, 3.05) is 10.6 Å². The number of amides is 2. The molecule has 3 N–H and O–H groups in total. The van der Waals surface area contributed by atoms with Crippen LogP contribution in [0.15, 0.2) is 42.5 Å². The second kappa shape index (κ2) is 5.91. The van der Waals surface area contributed by atoms with E-state index in [9.17, 15) is 20.0 Å². The Bertz CT molecular complexity index is 700. The lowest BCUT2D eigenvalue weighted by atomic mass is 10.2. The number of phenolic OH excluding ortho intramolecular Hbond substituents is 1. The fourth-order valence-corrected chi connectivity index (χ4v) is 1.75. The zero-order valence-electron chi connectivity index (χ0n) is 11.2. The van der Waals surface area contributed by atoms with Crippen molar-refractivity contribution < 1.29 is 14.8 Å². The molecule has 0 aliphatic carbocycles. The number of aryl methyl sites for hydroxylation is 1. The Morgan fingerprint density at radius 1 is 1.19 bits per heavy atom. The lowest BCUT2D eigenvalue weighted by Crippen LogP contribution is -2.19. The molecule has 0 spiro atoms. The van der Waals surface area contributed by atoms with E-state index in [1.54, 1.807) is 18.2 Å². The molecular formula is C14H13N3O4. The highest BCUT2D eigenvalue weighted by atomic mass is 16.6. The second-order valence-electron chi connectivity index (χ2n) is 4.41. The number of aromatic hydroxyl groups is 1. The molecule has 0 radical (unpaired) electrons. The molecule has 2 amide bonds. The summed E-state index contributed by atoms with van der Waals surface area (Å²) in [5, 5.41) is 25.2. The van der Waals surface area contributed by atoms with Gasteiger partial charge >= 0.3 is 6.03 Å². The minimum absolute atomic E-state index is 0.0330. The number of non-ortho nitro benzene ring substituents is 1. The van der Waals surface area contributed by atoms with Gasteiger partial charge in [0.05, 0.1) is 10.6 Å². The summed E-state index contributed by atoms with van der Waals surface area (Å²) in [6.45, 7) is 1.88. The van der Waals surface area contributed by atoms with Gasteiger partial charge in [0.2, 0.25) is 0 Å². The number of urea groups is 1. The predicted molar refractivity (Wildman–Crippen MR) is 78.6 cm³/mol. The van der Waals surface area contributed by atoms with E-state index >= 15 is 0 Å². The number of nitrogens with one attached hydrogen (secondary N) is 2. The first kappa shape index (κ1) is 14.3. The average Bonchev–Trinajstić information content (AvgIpc) is 2.41. The van der Waals surface area contributed by atoms with Gasteiger partial charge in [-0.05, 0) is 30.7 Å². The number of carbonyl (C=O) groups is 1. The summed E-state index contributed by atoms with van der Waals surface area (Å²) in [5.74, 6) is -0.250. The fraction of sp³-hybridized carbons (Fsp3) is 0.0714. The van der Waals surface area contributed by atoms with Crippen molar-refractivity contribution in [1.29, 1.82) is 0 Å². The minimum atomic E-state index is -0.608. The van der Waals surface area contributed by atoms with Crippen LogP contribution in [-0.4, -0.2) is 16.1 Å². The topological polar surface area (TPSA) is 104 Å². The van der Waals surface area contributed by atoms with Crippen LogP contribution in [0.5, 0.6) is 5.75 Å². The van der Waals surface area contributed by atoms with Crippen molar-refractivity contribution in [3.8, 4) is 5.75 Å². The van der Waals surface area contributed by atoms with E-state index in [1.807, 2.05) is 13.0 Å². The number of anilines is 2. The van der Waals surface area contributed by atoms with Gasteiger partial charge in [0.25, 0.3) is 5.69 Å². The van der Waals surface area contributed by atoms with Gasteiger partial charge in [0, 0.05) is 17.8 Å². The summed E-state index contributed by atoms with van der Waals surface area (Å²) in [6.07, 6.45) is 0. The minimum Gasteiger partial charge on any atom is -0.506 e. The molecule has 0 atom stereocenters. The second-order valence-corrected chi connectivity index (χ2v) is 4.41. The Labute approximate surface area is 120 Å². The number of hydrogen-bond acceptors (Lipinski definition) is 4. The number of nitro benzene ring substituents is 1. The van der Waals surface area contributed by atoms with Crippen LogP contribution in [-0.2, 0) is 0 Å². The van der Waals surface area contributed by atoms with E-state index in [0.717, 1.165) is 23.8 Å². The maximum Gasteiger partial charge on any atom is 0.323 e. The van der Waals surface area contributed by atoms with E-state index in [0.29, 0.717) is 5.69 Å². The zero-order valence-corrected chi connectivity index (χ0v) is 11.2. The van der Waals surface area contributed by atoms with Crippen molar-refractivity contribution in [2.24, 2.45) is 0 Å². The predicted octanol–water partition coefficient (Wildman–Crippen LogP) is 3.25. The smallest absolute Gasteiger partial charge is 0.323 e. The quantitative estimate of drug-likeness (QED) is 0.457. The van der Waals surface area contributed by atoms with Crippen molar-refractivity contribution in [1.82, 2.24) is 0 Å². The van der Waals surface area contributed by atoms with Gasteiger partial charge in [-0.1, -0.05) is 12.1 Å². The van der Waals surface area contributed by atoms with Crippen molar-refractivity contribution >= 4 is 23.1 Å². The number of nitrogens with zero attached hydrogens (tertiary/aromatic N) is 1. The van der Waals surface area contributed by atoms with Crippen molar-refractivity contribution in [2.45, 2.75) is 6.92 Å². The third-order valence-electron chi connectivity index (χ3n) is 2.72. The van der Waals surface area contributed by atoms with E-state index < -0.39 is 11.0 Å². The lowest BCUT2D eigenvalue weighted by molar-refractivity contribution is -0.384. The molecule has 0 saturated heterocycles. The molecule has 0 saturated carbocycles. The normalized spacial score (nSPS) is 9.95. The largest absolute Gasteiger partial charge is 0.506 e. The Kier molecular flexibility index (Phi) is 4.03. The van der Waals surface area contributed by atoms with Crippen LogP contribution < -0.4 is 10.6 Å². The fourth-order valence-electron chi connectivity index (χ4n) is 1.75. The first-order valence-electron chi connectivity index (χ1n) is 6.08. The van der Waals surface area contributed by atoms with Gasteiger partial charge in [-0.2, -0.15) is 0 Å². The first-order chi connectivity index (χ1) is 9.95. The van der Waals surface area contributed by atoms with Gasteiger partial charge in [0.1, 0.15) is 5.75 Å². The first-order valence-corrected chi connectivity index (χ1v) is 6.08. The molecule has 0 bridgehead atoms. The van der Waals surface area contributed by atoms with E-state index in [1.165, 1.54) is 0 Å². The maximum atomic E-state index is 11.8. The molecule has 7 heteroatoms. The highest BCUT2D eigenvalue weighted by Crippen LogP contribution is 2.27. The standard InChI is InChI=1S/C14H13N3O4/c1-9-3-2-4-10(7-9)15-14(19)16-12-8-11(17(20)21)5-6-13(12)18/h2-8,18H,1H3,(H2,15,16,19). The molecule has 2 aromatic carbocycles. The molecule has 0 aliphatic heterocycles. The number of hydrogen-bond donors (Lipinski definition) is 3. The van der Waals surface area contributed by atoms with E-state index in [-0.39, 0.29) is 17.1 Å². The van der Waals surface area contributed by atoms with Gasteiger partial charge in [-0.25, -0.2) is 4.79 Å². The molecule has 0 aliphatic rings. The van der Waals surface area contributed by atoms with Crippen LogP contribution in [0.1, 0.15) is 5.56 Å². The SMILES string of the molecule is Cc1cccc(NC(=O)Nc2cc([N+](=O)[O-])ccc2O)c1. The molecule has 2 rings (SSSR count). The monoisotopic (exact) mass is 287 g/mol. The van der Waals surface area contributed by atoms with Crippen LogP contribution in [0, 0.1) is 17.0 Å². The molecule has 0 unspecified atom stereocenters. The number of phenols is 1. The number of nitro groups is 1. The molecular weight excluding hydrogens is 274 g/mol. The molecule has 0 fully saturated rings. The highest BCUT2D eigenvalue weighted by Gasteiger charge is 2.12. The number of benzene rings is 2. The Morgan fingerprint density at radius 2 is 1.95 bits per heavy atom. The van der Waals surface area contributed by atoms with Gasteiger partial charge < -0.3 is 15.7 Å². The summed E-state index contributed by atoms with van der Waals surface area (Å²) in [5.41, 5.74) is 1.30. The molecule has 21 heavy (non-hydrogen) atoms. The van der Waals surface area contributed by atoms with Gasteiger partial charge in [-0.15, -0.1) is 0 Å². The van der Waals surface area contributed by atoms with Crippen LogP contribution in [0.4, 0.5) is 21.9 Å². The van der Waals surface area contributed by atoms with Crippen molar-refractivity contribution in [3.05, 3.63) is 58.1 Å². The third kappa shape index (κ3) is 3.69. The average molecular weight is 287 g/mol. The van der Waals surface area contributed by atoms with E-state index in [4.69, 9.17) is 0 Å². The third-order valence-corrected chi connectivity index (χ3v) is 2.72. The lowest BCUT2D eigenvalue weighted by Gasteiger charge is -2.09. The highest BCUT2D eigenvalue weighted by molar-refractivity contribution is 6.00. The van der Waals surface area contributed by atoms with Crippen LogP contribution in [0.25, 0.3) is 0 Å². The molecule has 7 nitrogen and oxygen atoms in total. The summed E-state index contributed by atoms with van der Waals surface area (Å²) in [4.78, 5) is 21.9. The molecule has 108 valence electrons. The molecule has 2 aromatic rings. The van der Waals surface area contributed by atoms with E-state index in [2.05, 4.69) is 10.6 Å². The summed E-state index contributed by atoms with van der Waals surface area (Å²) < 4.78 is 0. The number of carbonyl (C=O) groups excluding carboxylic acids is 1. The number of rotatable bonds is 3. The molecule has 0 aromatic heterocycles. The van der Waals surface area contributed by atoms with Gasteiger partial charge in [0.15, 0.2) is 0 Å². The van der Waals surface area contributed by atoms with Crippen LogP contribution in [0.3, 0.4) is 0 Å².